The van der Waals surface area contributed by atoms with E-state index in [1.165, 1.54) is 0 Å². The zero-order valence-corrected chi connectivity index (χ0v) is 13.3. The van der Waals surface area contributed by atoms with Gasteiger partial charge in [0.15, 0.2) is 0 Å². The van der Waals surface area contributed by atoms with Crippen molar-refractivity contribution in [2.45, 2.75) is 53.0 Å². The Morgan fingerprint density at radius 3 is 2.57 bits per heavy atom. The number of nitrogens with one attached hydrogen (secondary N) is 1. The predicted octanol–water partition coefficient (Wildman–Crippen LogP) is 3.08. The Hall–Kier alpha value is -1.78. The van der Waals surface area contributed by atoms with E-state index in [1.807, 2.05) is 50.6 Å². The van der Waals surface area contributed by atoms with Crippen molar-refractivity contribution in [3.05, 3.63) is 24.0 Å². The van der Waals surface area contributed by atoms with Gasteiger partial charge in [-0.15, -0.1) is 0 Å². The standard InChI is InChI=1S/C16H26N2O3/c1-12(2)18-11-5-6-13(18)15(21)17-10-9-16(3,4)8-7-14(19)20/h5-6,11-12H,7-10H2,1-4H3,(H,17,21)(H,19,20). The molecule has 0 aromatic carbocycles. The Morgan fingerprint density at radius 1 is 1.33 bits per heavy atom. The van der Waals surface area contributed by atoms with Gasteiger partial charge in [0.05, 0.1) is 0 Å². The average molecular weight is 294 g/mol. The zero-order valence-electron chi connectivity index (χ0n) is 13.3. The highest BCUT2D eigenvalue weighted by Gasteiger charge is 2.20. The number of aliphatic carboxylic acids is 1. The third kappa shape index (κ3) is 5.61. The fourth-order valence-electron chi connectivity index (χ4n) is 2.21. The monoisotopic (exact) mass is 294 g/mol. The molecule has 1 aromatic heterocycles. The molecule has 118 valence electrons. The molecule has 0 spiro atoms. The quantitative estimate of drug-likeness (QED) is 0.774. The van der Waals surface area contributed by atoms with Crippen molar-refractivity contribution in [1.82, 2.24) is 9.88 Å². The number of aromatic nitrogens is 1. The summed E-state index contributed by atoms with van der Waals surface area (Å²) >= 11 is 0. The van der Waals surface area contributed by atoms with Gasteiger partial charge in [-0.2, -0.15) is 0 Å². The smallest absolute Gasteiger partial charge is 0.303 e. The minimum absolute atomic E-state index is 0.0808. The second-order valence-electron chi connectivity index (χ2n) is 6.46. The predicted molar refractivity (Wildman–Crippen MR) is 82.4 cm³/mol. The number of rotatable bonds is 8. The molecular formula is C16H26N2O3. The van der Waals surface area contributed by atoms with Crippen molar-refractivity contribution in [2.24, 2.45) is 5.41 Å². The Bertz CT molecular complexity index is 489. The first-order valence-electron chi connectivity index (χ1n) is 7.40. The number of carboxylic acid groups (broad SMARTS) is 1. The van der Waals surface area contributed by atoms with Crippen molar-refractivity contribution in [1.29, 1.82) is 0 Å². The summed E-state index contributed by atoms with van der Waals surface area (Å²) in [5.41, 5.74) is 0.569. The molecule has 0 radical (unpaired) electrons. The van der Waals surface area contributed by atoms with Crippen LogP contribution in [0.1, 0.15) is 63.5 Å². The maximum absolute atomic E-state index is 12.2. The topological polar surface area (TPSA) is 71.3 Å². The average Bonchev–Trinajstić information content (AvgIpc) is 2.85. The molecule has 5 heteroatoms. The van der Waals surface area contributed by atoms with E-state index in [9.17, 15) is 9.59 Å². The normalized spacial score (nSPS) is 11.7. The summed E-state index contributed by atoms with van der Waals surface area (Å²) in [7, 11) is 0. The lowest BCUT2D eigenvalue weighted by atomic mass is 9.84. The summed E-state index contributed by atoms with van der Waals surface area (Å²) in [6.07, 6.45) is 3.43. The maximum atomic E-state index is 12.2. The number of hydrogen-bond donors (Lipinski definition) is 2. The lowest BCUT2D eigenvalue weighted by molar-refractivity contribution is -0.137. The number of nitrogens with zero attached hydrogens (tertiary/aromatic N) is 1. The van der Waals surface area contributed by atoms with Gasteiger partial charge in [-0.3, -0.25) is 9.59 Å². The van der Waals surface area contributed by atoms with Crippen LogP contribution < -0.4 is 5.32 Å². The largest absolute Gasteiger partial charge is 0.481 e. The molecule has 1 aromatic rings. The Kier molecular flexibility index (Phi) is 6.00. The van der Waals surface area contributed by atoms with Gasteiger partial charge in [-0.1, -0.05) is 13.8 Å². The first-order valence-corrected chi connectivity index (χ1v) is 7.40. The minimum Gasteiger partial charge on any atom is -0.481 e. The van der Waals surface area contributed by atoms with Gasteiger partial charge in [0, 0.05) is 25.2 Å². The molecule has 0 aliphatic heterocycles. The molecular weight excluding hydrogens is 268 g/mol. The van der Waals surface area contributed by atoms with Gasteiger partial charge >= 0.3 is 5.97 Å². The van der Waals surface area contributed by atoms with Crippen LogP contribution in [-0.2, 0) is 4.79 Å². The van der Waals surface area contributed by atoms with Gasteiger partial charge in [-0.05, 0) is 44.2 Å². The lowest BCUT2D eigenvalue weighted by Gasteiger charge is -2.24. The molecule has 1 heterocycles. The fraction of sp³-hybridized carbons (Fsp3) is 0.625. The Morgan fingerprint density at radius 2 is 2.00 bits per heavy atom. The molecule has 0 saturated heterocycles. The van der Waals surface area contributed by atoms with Crippen LogP contribution in [0.3, 0.4) is 0 Å². The van der Waals surface area contributed by atoms with E-state index in [-0.39, 0.29) is 23.8 Å². The van der Waals surface area contributed by atoms with Crippen LogP contribution >= 0.6 is 0 Å². The van der Waals surface area contributed by atoms with Gasteiger partial charge in [0.25, 0.3) is 5.91 Å². The van der Waals surface area contributed by atoms with Gasteiger partial charge in [0.1, 0.15) is 5.69 Å². The minimum atomic E-state index is -0.776. The molecule has 21 heavy (non-hydrogen) atoms. The summed E-state index contributed by atoms with van der Waals surface area (Å²) < 4.78 is 1.94. The van der Waals surface area contributed by atoms with E-state index in [4.69, 9.17) is 5.11 Å². The second kappa shape index (κ2) is 7.29. The zero-order chi connectivity index (χ0) is 16.0. The fourth-order valence-corrected chi connectivity index (χ4v) is 2.21. The number of carbonyl (C=O) groups is 2. The van der Waals surface area contributed by atoms with E-state index in [1.54, 1.807) is 0 Å². The first kappa shape index (κ1) is 17.3. The highest BCUT2D eigenvalue weighted by Crippen LogP contribution is 2.26. The first-order chi connectivity index (χ1) is 9.73. The van der Waals surface area contributed by atoms with Crippen molar-refractivity contribution >= 4 is 11.9 Å². The summed E-state index contributed by atoms with van der Waals surface area (Å²) in [5.74, 6) is -0.857. The van der Waals surface area contributed by atoms with Gasteiger partial charge in [0.2, 0.25) is 0 Å². The highest BCUT2D eigenvalue weighted by atomic mass is 16.4. The summed E-state index contributed by atoms with van der Waals surface area (Å²) in [6.45, 7) is 8.67. The number of carbonyl (C=O) groups excluding carboxylic acids is 1. The van der Waals surface area contributed by atoms with Gasteiger partial charge in [-0.25, -0.2) is 0 Å². The SMILES string of the molecule is CC(C)n1cccc1C(=O)NCCC(C)(C)CCC(=O)O. The Labute approximate surface area is 126 Å². The number of carboxylic acids is 1. The third-order valence-electron chi connectivity index (χ3n) is 3.67. The van der Waals surface area contributed by atoms with E-state index >= 15 is 0 Å². The van der Waals surface area contributed by atoms with Gasteiger partial charge < -0.3 is 15.0 Å². The van der Waals surface area contributed by atoms with E-state index in [2.05, 4.69) is 5.32 Å². The van der Waals surface area contributed by atoms with Crippen LogP contribution in [0.15, 0.2) is 18.3 Å². The molecule has 2 N–H and O–H groups in total. The molecule has 0 unspecified atom stereocenters. The van der Waals surface area contributed by atoms with Crippen LogP contribution in [0.25, 0.3) is 0 Å². The van der Waals surface area contributed by atoms with Crippen molar-refractivity contribution in [3.8, 4) is 0 Å². The van der Waals surface area contributed by atoms with Crippen LogP contribution in [-0.4, -0.2) is 28.1 Å². The molecule has 0 atom stereocenters. The molecule has 1 rings (SSSR count). The second-order valence-corrected chi connectivity index (χ2v) is 6.46. The molecule has 5 nitrogen and oxygen atoms in total. The summed E-state index contributed by atoms with van der Waals surface area (Å²) in [4.78, 5) is 22.8. The maximum Gasteiger partial charge on any atom is 0.303 e. The highest BCUT2D eigenvalue weighted by molar-refractivity contribution is 5.92. The van der Waals surface area contributed by atoms with Crippen molar-refractivity contribution in [3.63, 3.8) is 0 Å². The van der Waals surface area contributed by atoms with Crippen molar-refractivity contribution < 1.29 is 14.7 Å². The molecule has 0 fully saturated rings. The summed E-state index contributed by atoms with van der Waals surface area (Å²) in [6, 6.07) is 3.92. The molecule has 1 amide bonds. The third-order valence-corrected chi connectivity index (χ3v) is 3.67. The van der Waals surface area contributed by atoms with Crippen LogP contribution in [0, 0.1) is 5.41 Å². The molecule has 0 saturated carbocycles. The van der Waals surface area contributed by atoms with E-state index < -0.39 is 5.97 Å². The molecule has 0 aliphatic carbocycles. The lowest BCUT2D eigenvalue weighted by Crippen LogP contribution is -2.30. The summed E-state index contributed by atoms with van der Waals surface area (Å²) in [5, 5.41) is 11.6. The van der Waals surface area contributed by atoms with Crippen LogP contribution in [0.2, 0.25) is 0 Å². The van der Waals surface area contributed by atoms with E-state index in [0.717, 1.165) is 6.42 Å². The van der Waals surface area contributed by atoms with E-state index in [0.29, 0.717) is 18.7 Å². The Balaban J connectivity index is 2.46. The van der Waals surface area contributed by atoms with Crippen molar-refractivity contribution in [2.75, 3.05) is 6.54 Å². The number of hydrogen-bond acceptors (Lipinski definition) is 2. The molecule has 0 bridgehead atoms. The van der Waals surface area contributed by atoms with Crippen LogP contribution in [0.5, 0.6) is 0 Å². The molecule has 0 aliphatic rings. The van der Waals surface area contributed by atoms with Crippen LogP contribution in [0.4, 0.5) is 0 Å². The number of amides is 1.